The molecule has 206 valence electrons. The highest BCUT2D eigenvalue weighted by Crippen LogP contribution is 2.20. The normalized spacial score (nSPS) is 14.8. The molecule has 0 bridgehead atoms. The summed E-state index contributed by atoms with van der Waals surface area (Å²) in [5.41, 5.74) is 1.29. The minimum atomic E-state index is -0.358. The van der Waals surface area contributed by atoms with E-state index in [1.807, 2.05) is 13.8 Å². The lowest BCUT2D eigenvalue weighted by Gasteiger charge is -2.41. The van der Waals surface area contributed by atoms with Crippen molar-refractivity contribution in [1.29, 1.82) is 0 Å². The van der Waals surface area contributed by atoms with Crippen LogP contribution in [-0.2, 0) is 6.54 Å². The number of aliphatic hydroxyl groups excluding tert-OH is 2. The molecule has 2 N–H and O–H groups in total. The Morgan fingerprint density at radius 1 is 0.600 bits per heavy atom. The molecule has 1 rings (SSSR count). The van der Waals surface area contributed by atoms with Crippen LogP contribution < -0.4 is 12.4 Å². The summed E-state index contributed by atoms with van der Waals surface area (Å²) in [5, 5.41) is 20.4. The Labute approximate surface area is 224 Å². The van der Waals surface area contributed by atoms with Gasteiger partial charge in [0.1, 0.15) is 31.8 Å². The lowest BCUT2D eigenvalue weighted by molar-refractivity contribution is -0.946. The van der Waals surface area contributed by atoms with Crippen molar-refractivity contribution < 1.29 is 27.1 Å². The van der Waals surface area contributed by atoms with E-state index in [4.69, 9.17) is 0 Å². The first-order valence-electron chi connectivity index (χ1n) is 14.7. The van der Waals surface area contributed by atoms with Gasteiger partial charge in [-0.15, -0.1) is 0 Å². The van der Waals surface area contributed by atoms with Gasteiger partial charge in [0.2, 0.25) is 0 Å². The van der Waals surface area contributed by atoms with Gasteiger partial charge in [0.25, 0.3) is 0 Å². The SMILES string of the molecule is CCCCCCCCCCCCCCCCCC[N+](Cc1ccccc1)(CC(C)O)CC(C)O.[Cl-]. The number of nitrogens with zero attached hydrogens (tertiary/aromatic N) is 1. The molecule has 0 heterocycles. The topological polar surface area (TPSA) is 40.5 Å². The van der Waals surface area contributed by atoms with E-state index in [0.717, 1.165) is 17.6 Å². The van der Waals surface area contributed by atoms with Crippen molar-refractivity contribution in [2.75, 3.05) is 19.6 Å². The third-order valence-electron chi connectivity index (χ3n) is 7.15. The third kappa shape index (κ3) is 19.2. The molecule has 2 unspecified atom stereocenters. The summed E-state index contributed by atoms with van der Waals surface area (Å²) in [6.07, 6.45) is 21.4. The van der Waals surface area contributed by atoms with E-state index in [0.29, 0.717) is 13.1 Å². The second-order valence-electron chi connectivity index (χ2n) is 11.1. The highest BCUT2D eigenvalue weighted by Gasteiger charge is 2.30. The van der Waals surface area contributed by atoms with Crippen LogP contribution in [0.25, 0.3) is 0 Å². The van der Waals surface area contributed by atoms with Gasteiger partial charge in [0.15, 0.2) is 0 Å². The van der Waals surface area contributed by atoms with Crippen molar-refractivity contribution in [3.05, 3.63) is 35.9 Å². The predicted octanol–water partition coefficient (Wildman–Crippen LogP) is 5.03. The second-order valence-corrected chi connectivity index (χ2v) is 11.1. The number of quaternary nitrogens is 1. The van der Waals surface area contributed by atoms with Gasteiger partial charge in [-0.05, 0) is 26.7 Å². The fourth-order valence-corrected chi connectivity index (χ4v) is 5.55. The first-order chi connectivity index (χ1) is 16.5. The largest absolute Gasteiger partial charge is 1.00 e. The van der Waals surface area contributed by atoms with Gasteiger partial charge in [0.05, 0.1) is 6.54 Å². The van der Waals surface area contributed by atoms with Crippen LogP contribution in [0, 0.1) is 0 Å². The van der Waals surface area contributed by atoms with Gasteiger partial charge in [-0.1, -0.05) is 127 Å². The number of hydrogen-bond acceptors (Lipinski definition) is 2. The van der Waals surface area contributed by atoms with Gasteiger partial charge in [-0.25, -0.2) is 0 Å². The van der Waals surface area contributed by atoms with Crippen molar-refractivity contribution in [2.24, 2.45) is 0 Å². The van der Waals surface area contributed by atoms with Crippen molar-refractivity contribution in [1.82, 2.24) is 0 Å². The summed E-state index contributed by atoms with van der Waals surface area (Å²) in [6, 6.07) is 10.6. The zero-order chi connectivity index (χ0) is 24.9. The molecule has 1 aromatic carbocycles. The second kappa shape index (κ2) is 22.6. The number of benzene rings is 1. The maximum Gasteiger partial charge on any atom is 0.105 e. The van der Waals surface area contributed by atoms with E-state index < -0.39 is 0 Å². The molecular formula is C31H58ClNO2. The van der Waals surface area contributed by atoms with Gasteiger partial charge in [-0.3, -0.25) is 0 Å². The zero-order valence-corrected chi connectivity index (χ0v) is 24.2. The summed E-state index contributed by atoms with van der Waals surface area (Å²) in [6.45, 7) is 9.38. The zero-order valence-electron chi connectivity index (χ0n) is 23.4. The molecular weight excluding hydrogens is 454 g/mol. The number of aliphatic hydroxyl groups is 2. The minimum absolute atomic E-state index is 0. The monoisotopic (exact) mass is 511 g/mol. The Morgan fingerprint density at radius 2 is 0.971 bits per heavy atom. The van der Waals surface area contributed by atoms with Crippen molar-refractivity contribution in [3.63, 3.8) is 0 Å². The molecule has 0 saturated carbocycles. The fourth-order valence-electron chi connectivity index (χ4n) is 5.55. The smallest absolute Gasteiger partial charge is 0.105 e. The van der Waals surface area contributed by atoms with E-state index >= 15 is 0 Å². The number of halogens is 1. The molecule has 0 aliphatic rings. The van der Waals surface area contributed by atoms with Crippen LogP contribution in [0.4, 0.5) is 0 Å². The Hall–Kier alpha value is -0.610. The Morgan fingerprint density at radius 3 is 1.34 bits per heavy atom. The molecule has 0 aliphatic carbocycles. The lowest BCUT2D eigenvalue weighted by Crippen LogP contribution is -3.00. The van der Waals surface area contributed by atoms with Gasteiger partial charge in [0, 0.05) is 5.56 Å². The Bertz CT molecular complexity index is 554. The maximum atomic E-state index is 10.2. The van der Waals surface area contributed by atoms with Gasteiger partial charge in [-0.2, -0.15) is 0 Å². The van der Waals surface area contributed by atoms with E-state index in [9.17, 15) is 10.2 Å². The number of rotatable bonds is 23. The lowest BCUT2D eigenvalue weighted by atomic mass is 10.0. The average Bonchev–Trinajstić information content (AvgIpc) is 2.78. The first kappa shape index (κ1) is 34.4. The highest BCUT2D eigenvalue weighted by atomic mass is 35.5. The summed E-state index contributed by atoms with van der Waals surface area (Å²) in [7, 11) is 0. The van der Waals surface area contributed by atoms with Crippen LogP contribution in [0.3, 0.4) is 0 Å². The summed E-state index contributed by atoms with van der Waals surface area (Å²) < 4.78 is 0.776. The molecule has 3 nitrogen and oxygen atoms in total. The van der Waals surface area contributed by atoms with E-state index in [1.165, 1.54) is 108 Å². The molecule has 2 atom stereocenters. The molecule has 0 aromatic heterocycles. The van der Waals surface area contributed by atoms with Crippen molar-refractivity contribution in [3.8, 4) is 0 Å². The van der Waals surface area contributed by atoms with E-state index in [1.54, 1.807) is 0 Å². The molecule has 0 radical (unpaired) electrons. The molecule has 0 aliphatic heterocycles. The van der Waals surface area contributed by atoms with Gasteiger partial charge < -0.3 is 27.1 Å². The van der Waals surface area contributed by atoms with Crippen LogP contribution in [0.2, 0.25) is 0 Å². The third-order valence-corrected chi connectivity index (χ3v) is 7.15. The summed E-state index contributed by atoms with van der Waals surface area (Å²) in [4.78, 5) is 0. The van der Waals surface area contributed by atoms with Crippen LogP contribution >= 0.6 is 0 Å². The summed E-state index contributed by atoms with van der Waals surface area (Å²) >= 11 is 0. The molecule has 4 heteroatoms. The van der Waals surface area contributed by atoms with Crippen LogP contribution in [-0.4, -0.2) is 46.5 Å². The van der Waals surface area contributed by atoms with Crippen LogP contribution in [0.15, 0.2) is 30.3 Å². The van der Waals surface area contributed by atoms with Gasteiger partial charge >= 0.3 is 0 Å². The predicted molar refractivity (Wildman–Crippen MR) is 148 cm³/mol. The molecule has 0 saturated heterocycles. The standard InChI is InChI=1S/C31H58NO2.ClH/c1-4-5-6-7-8-9-10-11-12-13-14-15-16-17-18-22-25-32(26-29(2)33,27-30(3)34)28-31-23-20-19-21-24-31;/h19-21,23-24,29-30,33-34H,4-18,22,25-28H2,1-3H3;1H/q+1;/p-1. The number of hydrogen-bond donors (Lipinski definition) is 2. The average molecular weight is 512 g/mol. The van der Waals surface area contributed by atoms with Crippen molar-refractivity contribution in [2.45, 2.75) is 142 Å². The van der Waals surface area contributed by atoms with E-state index in [2.05, 4.69) is 37.3 Å². The Kier molecular flexibility index (Phi) is 22.2. The van der Waals surface area contributed by atoms with Crippen LogP contribution in [0.5, 0.6) is 0 Å². The first-order valence-corrected chi connectivity index (χ1v) is 14.7. The highest BCUT2D eigenvalue weighted by molar-refractivity contribution is 5.13. The fraction of sp³-hybridized carbons (Fsp3) is 0.806. The molecule has 35 heavy (non-hydrogen) atoms. The minimum Gasteiger partial charge on any atom is -1.00 e. The Balaban J connectivity index is 0.0000116. The molecule has 0 fully saturated rings. The van der Waals surface area contributed by atoms with Crippen LogP contribution in [0.1, 0.15) is 129 Å². The quantitative estimate of drug-likeness (QED) is 0.160. The molecule has 0 spiro atoms. The van der Waals surface area contributed by atoms with E-state index in [-0.39, 0.29) is 24.6 Å². The maximum absolute atomic E-state index is 10.2. The van der Waals surface area contributed by atoms with Crippen molar-refractivity contribution >= 4 is 0 Å². The molecule has 1 aromatic rings. The number of unbranched alkanes of at least 4 members (excludes halogenated alkanes) is 15. The molecule has 0 amide bonds. The summed E-state index contributed by atoms with van der Waals surface area (Å²) in [5.74, 6) is 0.